The smallest absolute Gasteiger partial charge is 0.293 e. The molecule has 0 radical (unpaired) electrons. The van der Waals surface area contributed by atoms with E-state index in [1.165, 1.54) is 37.4 Å². The molecule has 1 atom stereocenters. The van der Waals surface area contributed by atoms with Gasteiger partial charge >= 0.3 is 0 Å². The molecule has 11 heteroatoms. The van der Waals surface area contributed by atoms with E-state index in [9.17, 15) is 22.9 Å². The summed E-state index contributed by atoms with van der Waals surface area (Å²) < 4.78 is 49.3. The fraction of sp³-hybridized carbons (Fsp3) is 0.136. The van der Waals surface area contributed by atoms with E-state index < -0.39 is 37.4 Å². The highest BCUT2D eigenvalue weighted by Crippen LogP contribution is 2.30. The quantitative estimate of drug-likeness (QED) is 0.309. The van der Waals surface area contributed by atoms with Crippen molar-refractivity contribution < 1.29 is 22.5 Å². The van der Waals surface area contributed by atoms with E-state index in [0.29, 0.717) is 5.56 Å². The Kier molecular flexibility index (Phi) is 6.07. The average molecular weight is 470 g/mol. The minimum absolute atomic E-state index is 0.120. The Bertz CT molecular complexity index is 1420. The molecule has 0 saturated carbocycles. The number of imidazole rings is 1. The number of nitrogens with one attached hydrogen (secondary N) is 1. The topological polar surface area (TPSA) is 116 Å². The first-order chi connectivity index (χ1) is 15.8. The number of nitro benzene ring substituents is 1. The maximum atomic E-state index is 13.5. The molecule has 1 unspecified atom stereocenters. The SMILES string of the molecule is COc1ccc(S(=O)(=O)NC(Cn2cnc3ccccc32)c2ccc(F)cc2)c([N+](=O)[O-])c1. The van der Waals surface area contributed by atoms with Crippen LogP contribution >= 0.6 is 0 Å². The van der Waals surface area contributed by atoms with Gasteiger partial charge in [0, 0.05) is 6.54 Å². The molecule has 0 aliphatic carbocycles. The fourth-order valence-corrected chi connectivity index (χ4v) is 4.87. The molecule has 3 aromatic carbocycles. The van der Waals surface area contributed by atoms with Crippen molar-refractivity contribution in [3.05, 3.63) is 94.6 Å². The Morgan fingerprint density at radius 1 is 1.15 bits per heavy atom. The van der Waals surface area contributed by atoms with E-state index in [1.54, 1.807) is 10.9 Å². The third-order valence-electron chi connectivity index (χ3n) is 5.13. The number of aromatic nitrogens is 2. The second-order valence-electron chi connectivity index (χ2n) is 7.20. The van der Waals surface area contributed by atoms with Gasteiger partial charge in [0.15, 0.2) is 4.90 Å². The average Bonchev–Trinajstić information content (AvgIpc) is 3.21. The van der Waals surface area contributed by atoms with Gasteiger partial charge < -0.3 is 9.30 Å². The minimum atomic E-state index is -4.35. The van der Waals surface area contributed by atoms with Crippen LogP contribution in [0.3, 0.4) is 0 Å². The van der Waals surface area contributed by atoms with E-state index in [0.717, 1.165) is 23.2 Å². The number of nitrogens with zero attached hydrogens (tertiary/aromatic N) is 3. The van der Waals surface area contributed by atoms with E-state index in [2.05, 4.69) is 9.71 Å². The van der Waals surface area contributed by atoms with E-state index in [-0.39, 0.29) is 12.3 Å². The molecule has 33 heavy (non-hydrogen) atoms. The molecular weight excluding hydrogens is 451 g/mol. The molecule has 9 nitrogen and oxygen atoms in total. The van der Waals surface area contributed by atoms with Gasteiger partial charge in [-0.05, 0) is 42.0 Å². The molecule has 1 heterocycles. The molecule has 0 bridgehead atoms. The number of halogens is 1. The number of benzene rings is 3. The van der Waals surface area contributed by atoms with Crippen LogP contribution in [0.4, 0.5) is 10.1 Å². The van der Waals surface area contributed by atoms with Crippen LogP contribution in [-0.4, -0.2) is 30.0 Å². The summed E-state index contributed by atoms with van der Waals surface area (Å²) in [6.07, 6.45) is 1.57. The summed E-state index contributed by atoms with van der Waals surface area (Å²) in [5.74, 6) is -0.320. The van der Waals surface area contributed by atoms with Crippen molar-refractivity contribution in [3.8, 4) is 5.75 Å². The van der Waals surface area contributed by atoms with Gasteiger partial charge in [0.05, 0.1) is 41.5 Å². The number of ether oxygens (including phenoxy) is 1. The van der Waals surface area contributed by atoms with E-state index in [1.807, 2.05) is 24.3 Å². The molecule has 4 rings (SSSR count). The van der Waals surface area contributed by atoms with Gasteiger partial charge in [-0.25, -0.2) is 22.5 Å². The lowest BCUT2D eigenvalue weighted by atomic mass is 10.1. The lowest BCUT2D eigenvalue weighted by Gasteiger charge is -2.20. The molecule has 1 aromatic heterocycles. The Morgan fingerprint density at radius 2 is 1.88 bits per heavy atom. The Morgan fingerprint density at radius 3 is 2.58 bits per heavy atom. The minimum Gasteiger partial charge on any atom is -0.497 e. The third-order valence-corrected chi connectivity index (χ3v) is 6.65. The molecule has 0 aliphatic heterocycles. The zero-order chi connectivity index (χ0) is 23.6. The molecule has 1 N–H and O–H groups in total. The van der Waals surface area contributed by atoms with Gasteiger partial charge in [0.1, 0.15) is 11.6 Å². The Hall–Kier alpha value is -3.83. The number of hydrogen-bond acceptors (Lipinski definition) is 6. The molecular formula is C22H19FN4O5S. The largest absolute Gasteiger partial charge is 0.497 e. The number of para-hydroxylation sites is 2. The number of rotatable bonds is 8. The number of nitro groups is 1. The molecule has 0 saturated heterocycles. The van der Waals surface area contributed by atoms with Crippen LogP contribution in [0, 0.1) is 15.9 Å². The number of hydrogen-bond donors (Lipinski definition) is 1. The highest BCUT2D eigenvalue weighted by atomic mass is 32.2. The summed E-state index contributed by atoms with van der Waals surface area (Å²) in [5.41, 5.74) is 1.37. The lowest BCUT2D eigenvalue weighted by molar-refractivity contribution is -0.387. The van der Waals surface area contributed by atoms with E-state index >= 15 is 0 Å². The fourth-order valence-electron chi connectivity index (χ4n) is 3.50. The predicted octanol–water partition coefficient (Wildman–Crippen LogP) is 3.81. The summed E-state index contributed by atoms with van der Waals surface area (Å²) >= 11 is 0. The summed E-state index contributed by atoms with van der Waals surface area (Å²) in [4.78, 5) is 14.6. The van der Waals surface area contributed by atoms with Crippen LogP contribution in [-0.2, 0) is 16.6 Å². The number of sulfonamides is 1. The monoisotopic (exact) mass is 470 g/mol. The number of methoxy groups -OCH3 is 1. The highest BCUT2D eigenvalue weighted by molar-refractivity contribution is 7.89. The van der Waals surface area contributed by atoms with Crippen LogP contribution in [0.15, 0.2) is 78.0 Å². The van der Waals surface area contributed by atoms with Crippen molar-refractivity contribution >= 4 is 26.7 Å². The molecule has 0 amide bonds. The molecule has 170 valence electrons. The zero-order valence-electron chi connectivity index (χ0n) is 17.4. The first kappa shape index (κ1) is 22.4. The van der Waals surface area contributed by atoms with Crippen LogP contribution in [0.5, 0.6) is 5.75 Å². The van der Waals surface area contributed by atoms with Crippen molar-refractivity contribution in [2.75, 3.05) is 7.11 Å². The maximum absolute atomic E-state index is 13.5. The summed E-state index contributed by atoms with van der Waals surface area (Å²) in [7, 11) is -3.02. The molecule has 0 spiro atoms. The second-order valence-corrected chi connectivity index (χ2v) is 8.88. The van der Waals surface area contributed by atoms with Gasteiger partial charge in [-0.2, -0.15) is 0 Å². The van der Waals surface area contributed by atoms with Crippen molar-refractivity contribution in [2.45, 2.75) is 17.5 Å². The Labute approximate surface area is 188 Å². The van der Waals surface area contributed by atoms with Crippen LogP contribution < -0.4 is 9.46 Å². The number of fused-ring (bicyclic) bond motifs is 1. The molecule has 0 fully saturated rings. The van der Waals surface area contributed by atoms with Crippen LogP contribution in [0.1, 0.15) is 11.6 Å². The first-order valence-electron chi connectivity index (χ1n) is 9.78. The molecule has 0 aliphatic rings. The molecule has 4 aromatic rings. The highest BCUT2D eigenvalue weighted by Gasteiger charge is 2.30. The van der Waals surface area contributed by atoms with Crippen LogP contribution in [0.2, 0.25) is 0 Å². The first-order valence-corrected chi connectivity index (χ1v) is 11.3. The van der Waals surface area contributed by atoms with Crippen molar-refractivity contribution in [2.24, 2.45) is 0 Å². The predicted molar refractivity (Wildman–Crippen MR) is 119 cm³/mol. The van der Waals surface area contributed by atoms with E-state index in [4.69, 9.17) is 4.74 Å². The van der Waals surface area contributed by atoms with Crippen molar-refractivity contribution in [1.29, 1.82) is 0 Å². The zero-order valence-corrected chi connectivity index (χ0v) is 18.2. The summed E-state index contributed by atoms with van der Waals surface area (Å²) in [6.45, 7) is 0.120. The van der Waals surface area contributed by atoms with Gasteiger partial charge in [-0.3, -0.25) is 10.1 Å². The van der Waals surface area contributed by atoms with Gasteiger partial charge in [0.25, 0.3) is 5.69 Å². The van der Waals surface area contributed by atoms with Gasteiger partial charge in [-0.15, -0.1) is 0 Å². The normalized spacial score (nSPS) is 12.5. The third kappa shape index (κ3) is 4.69. The lowest BCUT2D eigenvalue weighted by Crippen LogP contribution is -2.32. The summed E-state index contributed by atoms with van der Waals surface area (Å²) in [5, 5.41) is 11.5. The maximum Gasteiger partial charge on any atom is 0.293 e. The standard InChI is InChI=1S/C22H19FN4O5S/c1-32-17-10-11-22(21(12-17)27(28)29)33(30,31)25-19(15-6-8-16(23)9-7-15)13-26-14-24-18-4-2-3-5-20(18)26/h2-12,14,19,25H,13H2,1H3. The van der Waals surface area contributed by atoms with Crippen molar-refractivity contribution in [3.63, 3.8) is 0 Å². The Balaban J connectivity index is 1.75. The second kappa shape index (κ2) is 8.96. The summed E-state index contributed by atoms with van der Waals surface area (Å²) in [6, 6.07) is 15.3. The van der Waals surface area contributed by atoms with Gasteiger partial charge in [0.2, 0.25) is 10.0 Å². The van der Waals surface area contributed by atoms with Crippen LogP contribution in [0.25, 0.3) is 11.0 Å². The van der Waals surface area contributed by atoms with Crippen molar-refractivity contribution in [1.82, 2.24) is 14.3 Å². The van der Waals surface area contributed by atoms with Gasteiger partial charge in [-0.1, -0.05) is 24.3 Å².